The quantitative estimate of drug-likeness (QED) is 0.912. The number of nitrogens with zero attached hydrogens (tertiary/aromatic N) is 1. The second kappa shape index (κ2) is 4.42. The van der Waals surface area contributed by atoms with Gasteiger partial charge in [0.1, 0.15) is 5.76 Å². The predicted molar refractivity (Wildman–Crippen MR) is 60.2 cm³/mol. The Morgan fingerprint density at radius 3 is 2.58 bits per heavy atom. The maximum atomic E-state index is 12.6. The molecule has 1 aromatic carbocycles. The van der Waals surface area contributed by atoms with Crippen molar-refractivity contribution in [2.24, 2.45) is 5.73 Å². The zero-order valence-electron chi connectivity index (χ0n) is 9.78. The number of nitrogens with two attached hydrogens (primary N) is 1. The molecule has 7 heteroatoms. The molecule has 0 unspecified atom stereocenters. The van der Waals surface area contributed by atoms with E-state index in [2.05, 4.69) is 4.98 Å². The third kappa shape index (κ3) is 2.59. The molecule has 0 aliphatic rings. The number of carbonyl (C=O) groups is 1. The lowest BCUT2D eigenvalue weighted by molar-refractivity contribution is -0.137. The van der Waals surface area contributed by atoms with Crippen molar-refractivity contribution in [1.29, 1.82) is 0 Å². The summed E-state index contributed by atoms with van der Waals surface area (Å²) in [7, 11) is 0. The van der Waals surface area contributed by atoms with Gasteiger partial charge in [0, 0.05) is 5.56 Å². The van der Waals surface area contributed by atoms with Crippen LogP contribution in [0.25, 0.3) is 11.5 Å². The van der Waals surface area contributed by atoms with Crippen molar-refractivity contribution in [3.05, 3.63) is 41.3 Å². The number of halogens is 3. The average molecular weight is 270 g/mol. The van der Waals surface area contributed by atoms with E-state index in [1.165, 1.54) is 19.1 Å². The Balaban J connectivity index is 2.48. The molecule has 2 rings (SSSR count). The van der Waals surface area contributed by atoms with E-state index >= 15 is 0 Å². The number of primary amides is 1. The number of amides is 1. The Morgan fingerprint density at radius 1 is 1.37 bits per heavy atom. The van der Waals surface area contributed by atoms with Crippen LogP contribution in [0.15, 0.2) is 28.7 Å². The Labute approximate surface area is 106 Å². The number of rotatable bonds is 2. The first-order valence-corrected chi connectivity index (χ1v) is 5.24. The summed E-state index contributed by atoms with van der Waals surface area (Å²) in [6, 6.07) is 4.48. The fraction of sp³-hybridized carbons (Fsp3) is 0.167. The molecule has 0 saturated carbocycles. The molecule has 0 saturated heterocycles. The van der Waals surface area contributed by atoms with Crippen molar-refractivity contribution < 1.29 is 22.4 Å². The third-order valence-electron chi connectivity index (χ3n) is 2.47. The Hall–Kier alpha value is -2.31. The van der Waals surface area contributed by atoms with Gasteiger partial charge in [-0.2, -0.15) is 13.2 Å². The van der Waals surface area contributed by atoms with E-state index in [0.29, 0.717) is 0 Å². The van der Waals surface area contributed by atoms with E-state index in [4.69, 9.17) is 10.2 Å². The second-order valence-electron chi connectivity index (χ2n) is 3.87. The van der Waals surface area contributed by atoms with Crippen LogP contribution < -0.4 is 5.73 Å². The minimum atomic E-state index is -4.45. The number of hydrogen-bond donors (Lipinski definition) is 1. The lowest BCUT2D eigenvalue weighted by atomic mass is 10.1. The summed E-state index contributed by atoms with van der Waals surface area (Å²) in [5, 5.41) is 0. The predicted octanol–water partition coefficient (Wildman–Crippen LogP) is 2.77. The molecule has 1 amide bonds. The monoisotopic (exact) mass is 270 g/mol. The van der Waals surface area contributed by atoms with Crippen LogP contribution in [0.2, 0.25) is 0 Å². The Bertz CT molecular complexity index is 632. The first kappa shape index (κ1) is 13.1. The van der Waals surface area contributed by atoms with Gasteiger partial charge < -0.3 is 10.2 Å². The molecule has 1 heterocycles. The SMILES string of the molecule is Cc1oc(-c2cccc(C(F)(F)F)c2)nc1C(N)=O. The lowest BCUT2D eigenvalue weighted by Gasteiger charge is -2.06. The standard InChI is InChI=1S/C12H9F3N2O2/c1-6-9(10(16)18)17-11(19-6)7-3-2-4-8(5-7)12(13,14)15/h2-5H,1H3,(H2,16,18). The number of hydrogen-bond acceptors (Lipinski definition) is 3. The maximum Gasteiger partial charge on any atom is 0.416 e. The highest BCUT2D eigenvalue weighted by Gasteiger charge is 2.31. The highest BCUT2D eigenvalue weighted by atomic mass is 19.4. The number of oxazole rings is 1. The molecule has 0 aliphatic carbocycles. The van der Waals surface area contributed by atoms with Crippen LogP contribution >= 0.6 is 0 Å². The van der Waals surface area contributed by atoms with Gasteiger partial charge >= 0.3 is 6.18 Å². The summed E-state index contributed by atoms with van der Waals surface area (Å²) < 4.78 is 42.9. The second-order valence-corrected chi connectivity index (χ2v) is 3.87. The normalized spacial score (nSPS) is 11.6. The summed E-state index contributed by atoms with van der Waals surface area (Å²) in [6.07, 6.45) is -4.45. The van der Waals surface area contributed by atoms with Gasteiger partial charge in [-0.05, 0) is 25.1 Å². The van der Waals surface area contributed by atoms with E-state index < -0.39 is 17.6 Å². The molecule has 2 N–H and O–H groups in total. The van der Waals surface area contributed by atoms with Gasteiger partial charge in [0.25, 0.3) is 5.91 Å². The summed E-state index contributed by atoms with van der Waals surface area (Å²) in [6.45, 7) is 1.46. The topological polar surface area (TPSA) is 69.1 Å². The van der Waals surface area contributed by atoms with Gasteiger partial charge in [-0.1, -0.05) is 6.07 Å². The molecule has 1 aromatic heterocycles. The number of aryl methyl sites for hydroxylation is 1. The fourth-order valence-corrected chi connectivity index (χ4v) is 1.58. The van der Waals surface area contributed by atoms with E-state index in [0.717, 1.165) is 12.1 Å². The molecule has 0 radical (unpaired) electrons. The zero-order chi connectivity index (χ0) is 14.2. The minimum absolute atomic E-state index is 0.0719. The molecule has 0 aliphatic heterocycles. The number of alkyl halides is 3. The molecule has 0 bridgehead atoms. The third-order valence-corrected chi connectivity index (χ3v) is 2.47. The van der Waals surface area contributed by atoms with Crippen molar-refractivity contribution >= 4 is 5.91 Å². The van der Waals surface area contributed by atoms with Crippen molar-refractivity contribution in [3.8, 4) is 11.5 Å². The van der Waals surface area contributed by atoms with Gasteiger partial charge in [-0.3, -0.25) is 4.79 Å². The smallest absolute Gasteiger partial charge is 0.416 e. The van der Waals surface area contributed by atoms with Crippen molar-refractivity contribution in [2.45, 2.75) is 13.1 Å². The van der Waals surface area contributed by atoms with Crippen LogP contribution in [0.5, 0.6) is 0 Å². The van der Waals surface area contributed by atoms with E-state index in [-0.39, 0.29) is 22.9 Å². The van der Waals surface area contributed by atoms with Gasteiger partial charge in [-0.25, -0.2) is 4.98 Å². The minimum Gasteiger partial charge on any atom is -0.441 e. The van der Waals surface area contributed by atoms with Gasteiger partial charge in [0.15, 0.2) is 5.69 Å². The molecule has 19 heavy (non-hydrogen) atoms. The van der Waals surface area contributed by atoms with Gasteiger partial charge in [0.2, 0.25) is 5.89 Å². The zero-order valence-corrected chi connectivity index (χ0v) is 9.78. The number of aromatic nitrogens is 1. The van der Waals surface area contributed by atoms with Gasteiger partial charge in [0.05, 0.1) is 5.56 Å². The summed E-state index contributed by atoms with van der Waals surface area (Å²) in [4.78, 5) is 14.8. The van der Waals surface area contributed by atoms with Crippen LogP contribution in [0.1, 0.15) is 21.8 Å². The molecule has 0 fully saturated rings. The van der Waals surface area contributed by atoms with E-state index in [9.17, 15) is 18.0 Å². The molecule has 4 nitrogen and oxygen atoms in total. The van der Waals surface area contributed by atoms with Gasteiger partial charge in [-0.15, -0.1) is 0 Å². The first-order chi connectivity index (χ1) is 8.79. The van der Waals surface area contributed by atoms with Crippen LogP contribution in [0, 0.1) is 6.92 Å². The maximum absolute atomic E-state index is 12.6. The van der Waals surface area contributed by atoms with Crippen LogP contribution in [-0.4, -0.2) is 10.9 Å². The van der Waals surface area contributed by atoms with Crippen LogP contribution in [0.3, 0.4) is 0 Å². The molecule has 100 valence electrons. The summed E-state index contributed by atoms with van der Waals surface area (Å²) >= 11 is 0. The van der Waals surface area contributed by atoms with Crippen LogP contribution in [0.4, 0.5) is 13.2 Å². The molecular weight excluding hydrogens is 261 g/mol. The van der Waals surface area contributed by atoms with E-state index in [1.807, 2.05) is 0 Å². The molecule has 0 spiro atoms. The Morgan fingerprint density at radius 2 is 2.05 bits per heavy atom. The van der Waals surface area contributed by atoms with Crippen molar-refractivity contribution in [3.63, 3.8) is 0 Å². The summed E-state index contributed by atoms with van der Waals surface area (Å²) in [5.41, 5.74) is 4.29. The van der Waals surface area contributed by atoms with Crippen molar-refractivity contribution in [2.75, 3.05) is 0 Å². The highest BCUT2D eigenvalue weighted by molar-refractivity contribution is 5.92. The fourth-order valence-electron chi connectivity index (χ4n) is 1.58. The molecule has 0 atom stereocenters. The number of carbonyl (C=O) groups excluding carboxylic acids is 1. The highest BCUT2D eigenvalue weighted by Crippen LogP contribution is 2.32. The van der Waals surface area contributed by atoms with E-state index in [1.54, 1.807) is 0 Å². The van der Waals surface area contributed by atoms with Crippen molar-refractivity contribution in [1.82, 2.24) is 4.98 Å². The van der Waals surface area contributed by atoms with Crippen LogP contribution in [-0.2, 0) is 6.18 Å². The largest absolute Gasteiger partial charge is 0.441 e. The summed E-state index contributed by atoms with van der Waals surface area (Å²) in [5.74, 6) is -0.697. The number of benzene rings is 1. The first-order valence-electron chi connectivity index (χ1n) is 5.24. The molecular formula is C12H9F3N2O2. The lowest BCUT2D eigenvalue weighted by Crippen LogP contribution is -2.12. The Kier molecular flexibility index (Phi) is 3.05. The molecule has 2 aromatic rings. The average Bonchev–Trinajstić information content (AvgIpc) is 2.70.